The van der Waals surface area contributed by atoms with Gasteiger partial charge in [0.1, 0.15) is 5.76 Å². The fraction of sp³-hybridized carbons (Fsp3) is 0.267. The maximum absolute atomic E-state index is 12.4. The zero-order chi connectivity index (χ0) is 16.2. The van der Waals surface area contributed by atoms with Crippen LogP contribution in [0.15, 0.2) is 52.0 Å². The molecule has 1 amide bonds. The molecule has 2 aromatic rings. The second-order valence-electron chi connectivity index (χ2n) is 4.86. The minimum absolute atomic E-state index is 0.184. The monoisotopic (exact) mass is 322 g/mol. The number of carbonyl (C=O) groups excluding carboxylic acids is 1. The molecule has 0 saturated carbocycles. The van der Waals surface area contributed by atoms with Gasteiger partial charge in [0.25, 0.3) is 0 Å². The number of rotatable bonds is 6. The second-order valence-corrected chi connectivity index (χ2v) is 6.91. The maximum atomic E-state index is 12.4. The molecule has 0 aliphatic rings. The highest BCUT2D eigenvalue weighted by Gasteiger charge is 2.20. The highest BCUT2D eigenvalue weighted by atomic mass is 32.2. The number of nitrogens with zero attached hydrogens (tertiary/aromatic N) is 1. The third kappa shape index (κ3) is 3.96. The van der Waals surface area contributed by atoms with Crippen LogP contribution in [0.25, 0.3) is 0 Å². The van der Waals surface area contributed by atoms with Crippen LogP contribution in [0.2, 0.25) is 0 Å². The summed E-state index contributed by atoms with van der Waals surface area (Å²) in [6, 6.07) is 9.66. The summed E-state index contributed by atoms with van der Waals surface area (Å²) in [5.74, 6) is 0.536. The average Bonchev–Trinajstić information content (AvgIpc) is 2.98. The Balaban J connectivity index is 2.06. The number of amides is 1. The quantitative estimate of drug-likeness (QED) is 0.883. The Bertz CT molecular complexity index is 721. The summed E-state index contributed by atoms with van der Waals surface area (Å²) in [6.07, 6.45) is 2.07. The van der Waals surface area contributed by atoms with E-state index in [0.717, 1.165) is 5.76 Å². The topological polar surface area (TPSA) is 79.6 Å². The molecule has 22 heavy (non-hydrogen) atoms. The lowest BCUT2D eigenvalue weighted by molar-refractivity contribution is -0.114. The molecule has 1 aromatic carbocycles. The summed E-state index contributed by atoms with van der Waals surface area (Å²) in [6.45, 7) is 1.72. The standard InChI is InChI=1S/C15H18N2O4S/c1-12(18)16-13-5-7-15(8-6-13)22(19,20)17(2)10-9-14-4-3-11-21-14/h3-8,11H,9-10H2,1-2H3,(H,16,18). The van der Waals surface area contributed by atoms with Crippen LogP contribution < -0.4 is 5.32 Å². The summed E-state index contributed by atoms with van der Waals surface area (Å²) < 4.78 is 31.3. The Morgan fingerprint density at radius 3 is 2.45 bits per heavy atom. The van der Waals surface area contributed by atoms with Crippen molar-refractivity contribution in [3.8, 4) is 0 Å². The van der Waals surface area contributed by atoms with Gasteiger partial charge < -0.3 is 9.73 Å². The van der Waals surface area contributed by atoms with Crippen molar-refractivity contribution in [2.45, 2.75) is 18.2 Å². The number of hydrogen-bond donors (Lipinski definition) is 1. The molecule has 0 fully saturated rings. The van der Waals surface area contributed by atoms with E-state index in [9.17, 15) is 13.2 Å². The van der Waals surface area contributed by atoms with Crippen molar-refractivity contribution < 1.29 is 17.6 Å². The molecule has 1 N–H and O–H groups in total. The number of nitrogens with one attached hydrogen (secondary N) is 1. The zero-order valence-corrected chi connectivity index (χ0v) is 13.3. The lowest BCUT2D eigenvalue weighted by Crippen LogP contribution is -2.29. The van der Waals surface area contributed by atoms with E-state index in [2.05, 4.69) is 5.32 Å². The molecule has 6 nitrogen and oxygen atoms in total. The van der Waals surface area contributed by atoms with Gasteiger partial charge in [-0.05, 0) is 36.4 Å². The van der Waals surface area contributed by atoms with Crippen LogP contribution in [-0.4, -0.2) is 32.2 Å². The first-order valence-corrected chi connectivity index (χ1v) is 8.20. The molecule has 1 aromatic heterocycles. The molecular weight excluding hydrogens is 304 g/mol. The van der Waals surface area contributed by atoms with Gasteiger partial charge in [-0.15, -0.1) is 0 Å². The van der Waals surface area contributed by atoms with Gasteiger partial charge in [0.2, 0.25) is 15.9 Å². The van der Waals surface area contributed by atoms with E-state index in [1.54, 1.807) is 24.5 Å². The highest BCUT2D eigenvalue weighted by Crippen LogP contribution is 2.18. The number of sulfonamides is 1. The van der Waals surface area contributed by atoms with Crippen molar-refractivity contribution in [1.82, 2.24) is 4.31 Å². The van der Waals surface area contributed by atoms with Gasteiger partial charge in [-0.2, -0.15) is 0 Å². The van der Waals surface area contributed by atoms with Crippen molar-refractivity contribution in [3.63, 3.8) is 0 Å². The molecule has 0 aliphatic heterocycles. The average molecular weight is 322 g/mol. The third-order valence-corrected chi connectivity index (χ3v) is 5.01. The van der Waals surface area contributed by atoms with Crippen molar-refractivity contribution in [2.75, 3.05) is 18.9 Å². The summed E-state index contributed by atoms with van der Waals surface area (Å²) in [4.78, 5) is 11.1. The zero-order valence-electron chi connectivity index (χ0n) is 12.4. The molecule has 0 saturated heterocycles. The van der Waals surface area contributed by atoms with Crippen molar-refractivity contribution in [2.24, 2.45) is 0 Å². The van der Waals surface area contributed by atoms with E-state index in [0.29, 0.717) is 18.7 Å². The molecule has 0 spiro atoms. The van der Waals surface area contributed by atoms with E-state index in [4.69, 9.17) is 4.42 Å². The molecule has 118 valence electrons. The Morgan fingerprint density at radius 1 is 1.23 bits per heavy atom. The third-order valence-electron chi connectivity index (χ3n) is 3.14. The van der Waals surface area contributed by atoms with Gasteiger partial charge in [0.15, 0.2) is 0 Å². The summed E-state index contributed by atoms with van der Waals surface area (Å²) in [5.41, 5.74) is 0.560. The first-order valence-electron chi connectivity index (χ1n) is 6.76. The maximum Gasteiger partial charge on any atom is 0.242 e. The number of benzene rings is 1. The Hall–Kier alpha value is -2.12. The summed E-state index contributed by atoms with van der Waals surface area (Å²) in [5, 5.41) is 2.60. The smallest absolute Gasteiger partial charge is 0.242 e. The molecule has 0 atom stereocenters. The van der Waals surface area contributed by atoms with Crippen LogP contribution in [-0.2, 0) is 21.2 Å². The normalized spacial score (nSPS) is 11.6. The lowest BCUT2D eigenvalue weighted by Gasteiger charge is -2.16. The van der Waals surface area contributed by atoms with Crippen LogP contribution >= 0.6 is 0 Å². The van der Waals surface area contributed by atoms with Crippen LogP contribution in [0.5, 0.6) is 0 Å². The Labute approximate surface area is 129 Å². The van der Waals surface area contributed by atoms with Gasteiger partial charge in [0, 0.05) is 32.6 Å². The van der Waals surface area contributed by atoms with E-state index >= 15 is 0 Å². The first kappa shape index (κ1) is 16.3. The number of furan rings is 1. The van der Waals surface area contributed by atoms with E-state index in [-0.39, 0.29) is 10.8 Å². The number of hydrogen-bond acceptors (Lipinski definition) is 4. The predicted molar refractivity (Wildman–Crippen MR) is 83.0 cm³/mol. The van der Waals surface area contributed by atoms with Gasteiger partial charge in [-0.1, -0.05) is 0 Å². The number of likely N-dealkylation sites (N-methyl/N-ethyl adjacent to an activating group) is 1. The Kier molecular flexibility index (Phi) is 4.99. The molecule has 0 aliphatic carbocycles. The molecule has 0 bridgehead atoms. The molecule has 1 heterocycles. The van der Waals surface area contributed by atoms with Gasteiger partial charge in [0.05, 0.1) is 11.2 Å². The van der Waals surface area contributed by atoms with Crippen molar-refractivity contribution >= 4 is 21.6 Å². The van der Waals surface area contributed by atoms with Crippen LogP contribution in [0, 0.1) is 0 Å². The number of carbonyl (C=O) groups is 1. The first-order chi connectivity index (χ1) is 10.4. The molecule has 7 heteroatoms. The Morgan fingerprint density at radius 2 is 1.91 bits per heavy atom. The minimum Gasteiger partial charge on any atom is -0.469 e. The van der Waals surface area contributed by atoms with Gasteiger partial charge in [-0.25, -0.2) is 12.7 Å². The van der Waals surface area contributed by atoms with Crippen LogP contribution in [0.1, 0.15) is 12.7 Å². The van der Waals surface area contributed by atoms with Gasteiger partial charge in [-0.3, -0.25) is 4.79 Å². The lowest BCUT2D eigenvalue weighted by atomic mass is 10.3. The summed E-state index contributed by atoms with van der Waals surface area (Å²) >= 11 is 0. The fourth-order valence-electron chi connectivity index (χ4n) is 1.94. The van der Waals surface area contributed by atoms with E-state index in [1.807, 2.05) is 6.07 Å². The fourth-order valence-corrected chi connectivity index (χ4v) is 3.11. The van der Waals surface area contributed by atoms with Crippen molar-refractivity contribution in [1.29, 1.82) is 0 Å². The largest absolute Gasteiger partial charge is 0.469 e. The van der Waals surface area contributed by atoms with Crippen molar-refractivity contribution in [3.05, 3.63) is 48.4 Å². The second kappa shape index (κ2) is 6.76. The van der Waals surface area contributed by atoms with Crippen LogP contribution in [0.3, 0.4) is 0 Å². The van der Waals surface area contributed by atoms with Gasteiger partial charge >= 0.3 is 0 Å². The summed E-state index contributed by atoms with van der Waals surface area (Å²) in [7, 11) is -2.03. The predicted octanol–water partition coefficient (Wildman–Crippen LogP) is 2.10. The highest BCUT2D eigenvalue weighted by molar-refractivity contribution is 7.89. The number of anilines is 1. The molecule has 0 unspecified atom stereocenters. The van der Waals surface area contributed by atoms with E-state index < -0.39 is 10.0 Å². The minimum atomic E-state index is -3.56. The molecular formula is C15H18N2O4S. The van der Waals surface area contributed by atoms with E-state index in [1.165, 1.54) is 30.4 Å². The van der Waals surface area contributed by atoms with Crippen LogP contribution in [0.4, 0.5) is 5.69 Å². The SMILES string of the molecule is CC(=O)Nc1ccc(S(=O)(=O)N(C)CCc2ccco2)cc1. The molecule has 0 radical (unpaired) electrons. The molecule has 2 rings (SSSR count).